The van der Waals surface area contributed by atoms with Crippen molar-refractivity contribution in [2.24, 2.45) is 5.92 Å². The lowest BCUT2D eigenvalue weighted by molar-refractivity contribution is 0.101. The molecule has 2 aromatic heterocycles. The van der Waals surface area contributed by atoms with Gasteiger partial charge in [0.2, 0.25) is 0 Å². The number of fused-ring (bicyclic) bond motifs is 1. The first-order valence-corrected chi connectivity index (χ1v) is 7.84. The molecule has 2 heterocycles. The third-order valence-corrected chi connectivity index (χ3v) is 4.78. The van der Waals surface area contributed by atoms with Crippen LogP contribution in [0.3, 0.4) is 0 Å². The van der Waals surface area contributed by atoms with Crippen LogP contribution >= 0.6 is 11.3 Å². The third-order valence-electron chi connectivity index (χ3n) is 3.74. The summed E-state index contributed by atoms with van der Waals surface area (Å²) in [5.41, 5.74) is 2.00. The number of aryl methyl sites for hydroxylation is 1. The Bertz CT molecular complexity index is 702. The number of amides is 1. The van der Waals surface area contributed by atoms with Gasteiger partial charge in [-0.05, 0) is 38.2 Å². The van der Waals surface area contributed by atoms with E-state index in [1.807, 2.05) is 0 Å². The van der Waals surface area contributed by atoms with Crippen LogP contribution in [0.4, 0.5) is 5.13 Å². The van der Waals surface area contributed by atoms with Gasteiger partial charge < -0.3 is 4.98 Å². The molecule has 2 N–H and O–H groups in total. The minimum atomic E-state index is -0.262. The summed E-state index contributed by atoms with van der Waals surface area (Å²) in [5.74, 6) is 0.355. The van der Waals surface area contributed by atoms with E-state index in [9.17, 15) is 9.59 Å². The van der Waals surface area contributed by atoms with Crippen LogP contribution in [0.15, 0.2) is 12.3 Å². The Kier molecular flexibility index (Phi) is 3.63. The molecule has 1 aliphatic rings. The Morgan fingerprint density at radius 1 is 1.48 bits per heavy atom. The molecule has 1 aliphatic carbocycles. The fourth-order valence-corrected chi connectivity index (χ4v) is 3.65. The van der Waals surface area contributed by atoms with Gasteiger partial charge in [-0.1, -0.05) is 6.92 Å². The number of hydrogen-bond donors (Lipinski definition) is 2. The molecule has 0 bridgehead atoms. The lowest BCUT2D eigenvalue weighted by Crippen LogP contribution is -2.12. The fourth-order valence-electron chi connectivity index (χ4n) is 2.49. The van der Waals surface area contributed by atoms with E-state index in [4.69, 9.17) is 0 Å². The zero-order chi connectivity index (χ0) is 15.0. The zero-order valence-electron chi connectivity index (χ0n) is 12.0. The number of aromatic amines is 1. The van der Waals surface area contributed by atoms with Gasteiger partial charge in [-0.15, -0.1) is 11.3 Å². The van der Waals surface area contributed by atoms with Crippen LogP contribution in [0.1, 0.15) is 51.7 Å². The highest BCUT2D eigenvalue weighted by Gasteiger charge is 2.21. The van der Waals surface area contributed by atoms with Gasteiger partial charge in [0, 0.05) is 16.6 Å². The van der Waals surface area contributed by atoms with Crippen molar-refractivity contribution in [3.05, 3.63) is 34.1 Å². The minimum absolute atomic E-state index is 0.0657. The van der Waals surface area contributed by atoms with Crippen LogP contribution in [0.2, 0.25) is 0 Å². The summed E-state index contributed by atoms with van der Waals surface area (Å²) in [6.07, 6.45) is 4.73. The van der Waals surface area contributed by atoms with E-state index in [2.05, 4.69) is 22.2 Å². The maximum Gasteiger partial charge on any atom is 0.273 e. The SMILES string of the molecule is CC(=O)c1c[nH]c(C(=O)Nc2nc3c(s2)C[C@H](C)CC3)c1. The summed E-state index contributed by atoms with van der Waals surface area (Å²) in [6.45, 7) is 3.71. The van der Waals surface area contributed by atoms with Crippen LogP contribution in [0.25, 0.3) is 0 Å². The maximum absolute atomic E-state index is 12.1. The number of hydrogen-bond acceptors (Lipinski definition) is 4. The van der Waals surface area contributed by atoms with E-state index < -0.39 is 0 Å². The second kappa shape index (κ2) is 5.44. The van der Waals surface area contributed by atoms with E-state index >= 15 is 0 Å². The molecular formula is C15H17N3O2S. The Labute approximate surface area is 126 Å². The van der Waals surface area contributed by atoms with Crippen molar-refractivity contribution in [1.82, 2.24) is 9.97 Å². The van der Waals surface area contributed by atoms with Gasteiger partial charge in [-0.3, -0.25) is 14.9 Å². The van der Waals surface area contributed by atoms with Gasteiger partial charge in [0.15, 0.2) is 10.9 Å². The van der Waals surface area contributed by atoms with Gasteiger partial charge in [-0.2, -0.15) is 0 Å². The van der Waals surface area contributed by atoms with Gasteiger partial charge in [-0.25, -0.2) is 4.98 Å². The molecule has 2 aromatic rings. The molecule has 0 aromatic carbocycles. The highest BCUT2D eigenvalue weighted by Crippen LogP contribution is 2.32. The smallest absolute Gasteiger partial charge is 0.273 e. The summed E-state index contributed by atoms with van der Waals surface area (Å²) >= 11 is 1.55. The molecule has 110 valence electrons. The molecule has 5 nitrogen and oxygen atoms in total. The molecule has 1 atom stereocenters. The number of anilines is 1. The summed E-state index contributed by atoms with van der Waals surface area (Å²) in [6, 6.07) is 1.56. The topological polar surface area (TPSA) is 74.8 Å². The zero-order valence-corrected chi connectivity index (χ0v) is 12.8. The number of carbonyl (C=O) groups excluding carboxylic acids is 2. The molecule has 3 rings (SSSR count). The van der Waals surface area contributed by atoms with E-state index in [0.29, 0.717) is 22.3 Å². The predicted molar refractivity (Wildman–Crippen MR) is 82.1 cm³/mol. The van der Waals surface area contributed by atoms with E-state index in [-0.39, 0.29) is 11.7 Å². The Balaban J connectivity index is 1.74. The molecule has 0 unspecified atom stereocenters. The van der Waals surface area contributed by atoms with E-state index in [0.717, 1.165) is 25.0 Å². The largest absolute Gasteiger partial charge is 0.356 e. The summed E-state index contributed by atoms with van der Waals surface area (Å²) in [5, 5.41) is 3.45. The van der Waals surface area contributed by atoms with Crippen molar-refractivity contribution < 1.29 is 9.59 Å². The molecule has 0 aliphatic heterocycles. The Morgan fingerprint density at radius 2 is 2.29 bits per heavy atom. The fraction of sp³-hybridized carbons (Fsp3) is 0.400. The number of ketones is 1. The summed E-state index contributed by atoms with van der Waals surface area (Å²) in [4.78, 5) is 32.0. The number of carbonyl (C=O) groups is 2. The first-order valence-electron chi connectivity index (χ1n) is 7.02. The van der Waals surface area contributed by atoms with Crippen molar-refractivity contribution >= 4 is 28.2 Å². The quantitative estimate of drug-likeness (QED) is 0.856. The number of aromatic nitrogens is 2. The molecule has 0 saturated carbocycles. The number of nitrogens with zero attached hydrogens (tertiary/aromatic N) is 1. The van der Waals surface area contributed by atoms with Gasteiger partial charge in [0.05, 0.1) is 5.69 Å². The molecule has 0 radical (unpaired) electrons. The molecule has 0 spiro atoms. The summed E-state index contributed by atoms with van der Waals surface area (Å²) in [7, 11) is 0. The van der Waals surface area contributed by atoms with Gasteiger partial charge in [0.1, 0.15) is 5.69 Å². The highest BCUT2D eigenvalue weighted by molar-refractivity contribution is 7.15. The average molecular weight is 303 g/mol. The average Bonchev–Trinajstić information content (AvgIpc) is 3.03. The normalized spacial score (nSPS) is 17.3. The van der Waals surface area contributed by atoms with Crippen molar-refractivity contribution in [2.75, 3.05) is 5.32 Å². The number of nitrogens with one attached hydrogen (secondary N) is 2. The van der Waals surface area contributed by atoms with Crippen LogP contribution < -0.4 is 5.32 Å². The van der Waals surface area contributed by atoms with Crippen molar-refractivity contribution in [2.45, 2.75) is 33.1 Å². The molecule has 6 heteroatoms. The van der Waals surface area contributed by atoms with Crippen LogP contribution in [-0.2, 0) is 12.8 Å². The third kappa shape index (κ3) is 2.90. The molecular weight excluding hydrogens is 286 g/mol. The minimum Gasteiger partial charge on any atom is -0.356 e. The molecule has 0 fully saturated rings. The second-order valence-electron chi connectivity index (χ2n) is 5.55. The van der Waals surface area contributed by atoms with E-state index in [1.165, 1.54) is 11.8 Å². The number of rotatable bonds is 3. The first kappa shape index (κ1) is 14.0. The maximum atomic E-state index is 12.1. The van der Waals surface area contributed by atoms with Crippen molar-refractivity contribution in [1.29, 1.82) is 0 Å². The second-order valence-corrected chi connectivity index (χ2v) is 6.63. The standard InChI is InChI=1S/C15H17N3O2S/c1-8-3-4-11-13(5-8)21-15(17-11)18-14(20)12-6-10(7-16-12)9(2)19/h6-8,16H,3-5H2,1-2H3,(H,17,18,20)/t8-/m1/s1. The van der Waals surface area contributed by atoms with E-state index in [1.54, 1.807) is 23.6 Å². The van der Waals surface area contributed by atoms with Gasteiger partial charge >= 0.3 is 0 Å². The Hall–Kier alpha value is -1.95. The monoisotopic (exact) mass is 303 g/mol. The van der Waals surface area contributed by atoms with Crippen molar-refractivity contribution in [3.8, 4) is 0 Å². The highest BCUT2D eigenvalue weighted by atomic mass is 32.1. The molecule has 21 heavy (non-hydrogen) atoms. The predicted octanol–water partition coefficient (Wildman–Crippen LogP) is 3.05. The van der Waals surface area contributed by atoms with Crippen molar-refractivity contribution in [3.63, 3.8) is 0 Å². The lowest BCUT2D eigenvalue weighted by atomic mass is 9.93. The number of H-pyrrole nitrogens is 1. The first-order chi connectivity index (χ1) is 10.0. The number of Topliss-reactive ketones (excluding diaryl/α,β-unsaturated/α-hetero) is 1. The summed E-state index contributed by atoms with van der Waals surface area (Å²) < 4.78 is 0. The lowest BCUT2D eigenvalue weighted by Gasteiger charge is -2.15. The number of thiazole rings is 1. The molecule has 0 saturated heterocycles. The Morgan fingerprint density at radius 3 is 3.00 bits per heavy atom. The molecule has 1 amide bonds. The van der Waals surface area contributed by atoms with Crippen LogP contribution in [0.5, 0.6) is 0 Å². The van der Waals surface area contributed by atoms with Crippen LogP contribution in [-0.4, -0.2) is 21.7 Å². The van der Waals surface area contributed by atoms with Gasteiger partial charge in [0.25, 0.3) is 5.91 Å². The van der Waals surface area contributed by atoms with Crippen LogP contribution in [0, 0.1) is 5.92 Å².